The Labute approximate surface area is 153 Å². The molecule has 0 amide bonds. The van der Waals surface area contributed by atoms with Crippen molar-refractivity contribution < 1.29 is 22.6 Å². The Morgan fingerprint density at radius 3 is 2.00 bits per heavy atom. The molecular formula is C18H22N2O5S. The second-order valence-corrected chi connectivity index (χ2v) is 7.40. The second kappa shape index (κ2) is 8.09. The summed E-state index contributed by atoms with van der Waals surface area (Å²) >= 11 is 0. The van der Waals surface area contributed by atoms with Crippen LogP contribution in [0.2, 0.25) is 0 Å². The zero-order valence-electron chi connectivity index (χ0n) is 15.4. The van der Waals surface area contributed by atoms with E-state index in [1.54, 1.807) is 36.4 Å². The van der Waals surface area contributed by atoms with Gasteiger partial charge in [-0.1, -0.05) is 17.7 Å². The fourth-order valence-electron chi connectivity index (χ4n) is 2.22. The fourth-order valence-corrected chi connectivity index (χ4v) is 3.18. The van der Waals surface area contributed by atoms with Crippen LogP contribution in [0.15, 0.2) is 46.4 Å². The Bertz CT molecular complexity index is 893. The van der Waals surface area contributed by atoms with Crippen LogP contribution in [0.5, 0.6) is 17.2 Å². The Morgan fingerprint density at radius 2 is 1.46 bits per heavy atom. The standard InChI is InChI=1S/C18H22N2O5S/c1-13-6-8-15(9-7-13)26(21,22)20(2)19-12-14-10-17(24-4)18(25-5)11-16(14)23-3/h6-12H,1-5H3. The Kier molecular flexibility index (Phi) is 6.10. The molecule has 0 saturated heterocycles. The summed E-state index contributed by atoms with van der Waals surface area (Å²) in [5.41, 5.74) is 1.53. The van der Waals surface area contributed by atoms with E-state index in [-0.39, 0.29) is 4.90 Å². The van der Waals surface area contributed by atoms with Gasteiger partial charge in [0.25, 0.3) is 10.0 Å². The Morgan fingerprint density at radius 1 is 0.923 bits per heavy atom. The molecule has 0 spiro atoms. The molecule has 0 N–H and O–H groups in total. The summed E-state index contributed by atoms with van der Waals surface area (Å²) in [5, 5.41) is 4.05. The van der Waals surface area contributed by atoms with E-state index in [1.165, 1.54) is 34.6 Å². The van der Waals surface area contributed by atoms with Crippen LogP contribution in [0.1, 0.15) is 11.1 Å². The number of nitrogens with zero attached hydrogens (tertiary/aromatic N) is 2. The largest absolute Gasteiger partial charge is 0.496 e. The van der Waals surface area contributed by atoms with Crippen molar-refractivity contribution >= 4 is 16.2 Å². The van der Waals surface area contributed by atoms with Crippen LogP contribution < -0.4 is 14.2 Å². The molecule has 7 nitrogen and oxygen atoms in total. The Balaban J connectivity index is 2.35. The van der Waals surface area contributed by atoms with Gasteiger partial charge in [-0.25, -0.2) is 0 Å². The molecule has 8 heteroatoms. The number of benzene rings is 2. The van der Waals surface area contributed by atoms with Crippen LogP contribution >= 0.6 is 0 Å². The average Bonchev–Trinajstić information content (AvgIpc) is 2.65. The molecule has 0 bridgehead atoms. The van der Waals surface area contributed by atoms with Gasteiger partial charge < -0.3 is 14.2 Å². The van der Waals surface area contributed by atoms with E-state index in [4.69, 9.17) is 14.2 Å². The molecule has 0 radical (unpaired) electrons. The number of hydrogen-bond acceptors (Lipinski definition) is 6. The first kappa shape index (κ1) is 19.6. The molecule has 0 heterocycles. The predicted octanol–water partition coefficient (Wildman–Crippen LogP) is 2.68. The predicted molar refractivity (Wildman–Crippen MR) is 99.8 cm³/mol. The van der Waals surface area contributed by atoms with Crippen molar-refractivity contribution in [1.82, 2.24) is 4.41 Å². The highest BCUT2D eigenvalue weighted by Gasteiger charge is 2.19. The Hall–Kier alpha value is -2.74. The van der Waals surface area contributed by atoms with Gasteiger partial charge in [0.15, 0.2) is 11.5 Å². The molecule has 0 unspecified atom stereocenters. The normalized spacial score (nSPS) is 11.4. The molecular weight excluding hydrogens is 356 g/mol. The van der Waals surface area contributed by atoms with Gasteiger partial charge in [-0.15, -0.1) is 0 Å². The minimum atomic E-state index is -3.74. The van der Waals surface area contributed by atoms with Crippen LogP contribution in [-0.4, -0.2) is 47.4 Å². The number of hydrazone groups is 1. The van der Waals surface area contributed by atoms with E-state index in [0.717, 1.165) is 9.98 Å². The summed E-state index contributed by atoms with van der Waals surface area (Å²) in [7, 11) is 2.18. The number of methoxy groups -OCH3 is 3. The van der Waals surface area contributed by atoms with E-state index in [2.05, 4.69) is 5.10 Å². The molecule has 2 rings (SSSR count). The van der Waals surface area contributed by atoms with Crippen LogP contribution in [0.25, 0.3) is 0 Å². The van der Waals surface area contributed by atoms with Crippen molar-refractivity contribution in [2.75, 3.05) is 28.4 Å². The summed E-state index contributed by atoms with van der Waals surface area (Å²) in [6.07, 6.45) is 1.40. The van der Waals surface area contributed by atoms with Gasteiger partial charge in [-0.3, -0.25) is 0 Å². The molecule has 0 aliphatic rings. The molecule has 0 saturated carbocycles. The summed E-state index contributed by atoms with van der Waals surface area (Å²) in [6.45, 7) is 1.89. The average molecular weight is 378 g/mol. The van der Waals surface area contributed by atoms with Crippen molar-refractivity contribution in [3.05, 3.63) is 47.5 Å². The van der Waals surface area contributed by atoms with Gasteiger partial charge in [-0.05, 0) is 25.1 Å². The van der Waals surface area contributed by atoms with Gasteiger partial charge in [0.05, 0.1) is 32.4 Å². The number of hydrogen-bond donors (Lipinski definition) is 0. The van der Waals surface area contributed by atoms with Crippen LogP contribution in [0.3, 0.4) is 0 Å². The summed E-state index contributed by atoms with van der Waals surface area (Å²) in [6, 6.07) is 9.88. The quantitative estimate of drug-likeness (QED) is 0.547. The van der Waals surface area contributed by atoms with E-state index >= 15 is 0 Å². The van der Waals surface area contributed by atoms with Crippen molar-refractivity contribution in [3.63, 3.8) is 0 Å². The lowest BCUT2D eigenvalue weighted by molar-refractivity contribution is 0.349. The van der Waals surface area contributed by atoms with Gasteiger partial charge in [0.1, 0.15) is 5.75 Å². The molecule has 0 aliphatic carbocycles. The summed E-state index contributed by atoms with van der Waals surface area (Å²) in [4.78, 5) is 0.169. The summed E-state index contributed by atoms with van der Waals surface area (Å²) in [5.74, 6) is 1.47. The maximum Gasteiger partial charge on any atom is 0.278 e. The molecule has 2 aromatic carbocycles. The first-order valence-electron chi connectivity index (χ1n) is 7.73. The SMILES string of the molecule is COc1cc(OC)c(OC)cc1C=NN(C)S(=O)(=O)c1ccc(C)cc1. The van der Waals surface area contributed by atoms with E-state index in [0.29, 0.717) is 22.8 Å². The topological polar surface area (TPSA) is 77.4 Å². The first-order chi connectivity index (χ1) is 12.3. The second-order valence-electron chi connectivity index (χ2n) is 5.45. The highest BCUT2D eigenvalue weighted by Crippen LogP contribution is 2.33. The number of aryl methyl sites for hydroxylation is 1. The van der Waals surface area contributed by atoms with E-state index in [1.807, 2.05) is 6.92 Å². The molecule has 0 aliphatic heterocycles. The minimum Gasteiger partial charge on any atom is -0.496 e. The number of sulfonamides is 1. The maximum absolute atomic E-state index is 12.6. The highest BCUT2D eigenvalue weighted by atomic mass is 32.2. The van der Waals surface area contributed by atoms with Crippen molar-refractivity contribution in [1.29, 1.82) is 0 Å². The molecule has 0 fully saturated rings. The monoisotopic (exact) mass is 378 g/mol. The summed E-state index contributed by atoms with van der Waals surface area (Å²) < 4.78 is 41.9. The van der Waals surface area contributed by atoms with Crippen LogP contribution in [0, 0.1) is 6.92 Å². The fraction of sp³-hybridized carbons (Fsp3) is 0.278. The van der Waals surface area contributed by atoms with Crippen LogP contribution in [0.4, 0.5) is 0 Å². The van der Waals surface area contributed by atoms with E-state index < -0.39 is 10.0 Å². The maximum atomic E-state index is 12.6. The van der Waals surface area contributed by atoms with Crippen molar-refractivity contribution in [2.45, 2.75) is 11.8 Å². The van der Waals surface area contributed by atoms with E-state index in [9.17, 15) is 8.42 Å². The third-order valence-electron chi connectivity index (χ3n) is 3.76. The number of rotatable bonds is 7. The number of ether oxygens (including phenoxy) is 3. The minimum absolute atomic E-state index is 0.169. The van der Waals surface area contributed by atoms with Crippen molar-refractivity contribution in [3.8, 4) is 17.2 Å². The smallest absolute Gasteiger partial charge is 0.278 e. The van der Waals surface area contributed by atoms with Gasteiger partial charge in [-0.2, -0.15) is 17.9 Å². The molecule has 2 aromatic rings. The van der Waals surface area contributed by atoms with Gasteiger partial charge >= 0.3 is 0 Å². The van der Waals surface area contributed by atoms with Crippen LogP contribution in [-0.2, 0) is 10.0 Å². The lowest BCUT2D eigenvalue weighted by Crippen LogP contribution is -2.22. The zero-order chi connectivity index (χ0) is 19.3. The molecule has 0 atom stereocenters. The molecule has 140 valence electrons. The zero-order valence-corrected chi connectivity index (χ0v) is 16.2. The van der Waals surface area contributed by atoms with Gasteiger partial charge in [0, 0.05) is 18.7 Å². The molecule has 0 aromatic heterocycles. The third-order valence-corrected chi connectivity index (χ3v) is 5.42. The highest BCUT2D eigenvalue weighted by molar-refractivity contribution is 7.89. The first-order valence-corrected chi connectivity index (χ1v) is 9.17. The third kappa shape index (κ3) is 4.08. The lowest BCUT2D eigenvalue weighted by atomic mass is 10.2. The van der Waals surface area contributed by atoms with Gasteiger partial charge in [0.2, 0.25) is 0 Å². The lowest BCUT2D eigenvalue weighted by Gasteiger charge is -2.15. The molecule has 26 heavy (non-hydrogen) atoms. The van der Waals surface area contributed by atoms with Crippen molar-refractivity contribution in [2.24, 2.45) is 5.10 Å².